The molecule has 0 N–H and O–H groups in total. The van der Waals surface area contributed by atoms with Gasteiger partial charge in [0, 0.05) is 18.3 Å². The van der Waals surface area contributed by atoms with Crippen LogP contribution in [-0.2, 0) is 0 Å². The lowest BCUT2D eigenvalue weighted by Crippen LogP contribution is -2.25. The van der Waals surface area contributed by atoms with E-state index in [1.807, 2.05) is 26.8 Å². The van der Waals surface area contributed by atoms with Crippen LogP contribution in [0.3, 0.4) is 0 Å². The van der Waals surface area contributed by atoms with Gasteiger partial charge in [0.2, 0.25) is 0 Å². The van der Waals surface area contributed by atoms with Crippen LogP contribution in [0.5, 0.6) is 0 Å². The van der Waals surface area contributed by atoms with Crippen molar-refractivity contribution in [1.82, 2.24) is 4.90 Å². The zero-order valence-electron chi connectivity index (χ0n) is 10.7. The largest absolute Gasteiger partial charge is 0.369 e. The minimum absolute atomic E-state index is 0.656. The molecule has 0 aromatic carbocycles. The molecule has 1 rings (SSSR count). The smallest absolute Gasteiger partial charge is 0.0365 e. The van der Waals surface area contributed by atoms with Crippen molar-refractivity contribution in [3.05, 3.63) is 36.6 Å². The first-order valence-electron chi connectivity index (χ1n) is 5.91. The zero-order chi connectivity index (χ0) is 11.8. The molecule has 0 aliphatic carbocycles. The van der Waals surface area contributed by atoms with E-state index in [0.29, 0.717) is 6.04 Å². The summed E-state index contributed by atoms with van der Waals surface area (Å²) in [4.78, 5) is 2.40. The van der Waals surface area contributed by atoms with E-state index in [1.165, 1.54) is 18.5 Å². The van der Waals surface area contributed by atoms with Crippen LogP contribution in [0.25, 0.3) is 0 Å². The Labute approximate surface area is 95.2 Å². The molecule has 1 unspecified atom stereocenters. The van der Waals surface area contributed by atoms with Gasteiger partial charge in [-0.15, -0.1) is 0 Å². The first kappa shape index (κ1) is 14.0. The number of hydrogen-bond acceptors (Lipinski definition) is 1. The minimum atomic E-state index is 0.656. The standard InChI is InChI=1S/C12H19N.C2H6/c1-5-12(9-10(2)3)13-8-6-7-11(13)4;1-2/h5,9,11H,1-2,6-8H2,3-4H3;1-2H3/b12-9+;. The highest BCUT2D eigenvalue weighted by molar-refractivity contribution is 5.26. The highest BCUT2D eigenvalue weighted by atomic mass is 15.2. The van der Waals surface area contributed by atoms with E-state index in [4.69, 9.17) is 0 Å². The molecule has 0 saturated carbocycles. The fourth-order valence-electron chi connectivity index (χ4n) is 1.83. The molecule has 1 atom stereocenters. The van der Waals surface area contributed by atoms with Gasteiger partial charge in [0.25, 0.3) is 0 Å². The quantitative estimate of drug-likeness (QED) is 0.629. The van der Waals surface area contributed by atoms with Gasteiger partial charge in [0.15, 0.2) is 0 Å². The average molecular weight is 207 g/mol. The molecule has 86 valence electrons. The Morgan fingerprint density at radius 1 is 1.40 bits per heavy atom. The third-order valence-corrected chi connectivity index (χ3v) is 2.49. The van der Waals surface area contributed by atoms with Crippen LogP contribution in [0, 0.1) is 0 Å². The lowest BCUT2D eigenvalue weighted by atomic mass is 10.2. The van der Waals surface area contributed by atoms with Crippen LogP contribution in [0.15, 0.2) is 36.6 Å². The molecule has 1 fully saturated rings. The molecule has 0 radical (unpaired) electrons. The Balaban J connectivity index is 0.000000921. The first-order valence-corrected chi connectivity index (χ1v) is 5.91. The second kappa shape index (κ2) is 7.33. The minimum Gasteiger partial charge on any atom is -0.369 e. The van der Waals surface area contributed by atoms with Gasteiger partial charge in [-0.1, -0.05) is 32.6 Å². The third kappa shape index (κ3) is 4.37. The topological polar surface area (TPSA) is 3.24 Å². The van der Waals surface area contributed by atoms with E-state index < -0.39 is 0 Å². The molecule has 1 saturated heterocycles. The average Bonchev–Trinajstić information content (AvgIpc) is 2.64. The Morgan fingerprint density at radius 2 is 2.00 bits per heavy atom. The second-order valence-corrected chi connectivity index (χ2v) is 3.80. The lowest BCUT2D eigenvalue weighted by molar-refractivity contribution is 0.350. The van der Waals surface area contributed by atoms with Gasteiger partial charge in [0.05, 0.1) is 0 Å². The number of allylic oxidation sites excluding steroid dienone is 3. The maximum Gasteiger partial charge on any atom is 0.0365 e. The molecule has 0 aromatic rings. The van der Waals surface area contributed by atoms with E-state index >= 15 is 0 Å². The summed E-state index contributed by atoms with van der Waals surface area (Å²) in [7, 11) is 0. The molecule has 1 aliphatic heterocycles. The SMILES string of the molecule is C=C/C(=C\C(=C)C)N1CCCC1C.CC. The Bertz CT molecular complexity index is 238. The molecule has 1 heterocycles. The summed E-state index contributed by atoms with van der Waals surface area (Å²) in [6.07, 6.45) is 6.62. The van der Waals surface area contributed by atoms with E-state index in [0.717, 1.165) is 12.1 Å². The van der Waals surface area contributed by atoms with Crippen LogP contribution in [0.2, 0.25) is 0 Å². The Kier molecular flexibility index (Phi) is 6.85. The molecular weight excluding hydrogens is 182 g/mol. The molecular formula is C14H25N. The monoisotopic (exact) mass is 207 g/mol. The van der Waals surface area contributed by atoms with E-state index in [-0.39, 0.29) is 0 Å². The van der Waals surface area contributed by atoms with Gasteiger partial charge in [0.1, 0.15) is 0 Å². The molecule has 0 bridgehead atoms. The maximum atomic E-state index is 3.89. The van der Waals surface area contributed by atoms with Crippen molar-refractivity contribution in [2.45, 2.75) is 46.6 Å². The Morgan fingerprint density at radius 3 is 2.33 bits per heavy atom. The predicted octanol–water partition coefficient (Wildman–Crippen LogP) is 4.14. The van der Waals surface area contributed by atoms with E-state index in [2.05, 4.69) is 31.1 Å². The zero-order valence-corrected chi connectivity index (χ0v) is 10.7. The molecule has 1 nitrogen and oxygen atoms in total. The summed E-state index contributed by atoms with van der Waals surface area (Å²) in [5.74, 6) is 0. The van der Waals surface area contributed by atoms with Crippen molar-refractivity contribution in [1.29, 1.82) is 0 Å². The van der Waals surface area contributed by atoms with Gasteiger partial charge in [-0.2, -0.15) is 0 Å². The van der Waals surface area contributed by atoms with Crippen molar-refractivity contribution in [3.8, 4) is 0 Å². The van der Waals surface area contributed by atoms with Crippen molar-refractivity contribution in [2.24, 2.45) is 0 Å². The summed E-state index contributed by atoms with van der Waals surface area (Å²) in [6, 6.07) is 0.656. The number of nitrogens with zero attached hydrogens (tertiary/aromatic N) is 1. The van der Waals surface area contributed by atoms with Gasteiger partial charge < -0.3 is 4.90 Å². The normalized spacial score (nSPS) is 20.7. The van der Waals surface area contributed by atoms with Gasteiger partial charge in [-0.05, 0) is 38.8 Å². The maximum absolute atomic E-state index is 3.89. The summed E-state index contributed by atoms with van der Waals surface area (Å²) >= 11 is 0. The summed E-state index contributed by atoms with van der Waals surface area (Å²) in [6.45, 7) is 17.2. The highest BCUT2D eigenvalue weighted by Gasteiger charge is 2.20. The summed E-state index contributed by atoms with van der Waals surface area (Å²) in [5, 5.41) is 0. The molecule has 1 heteroatoms. The van der Waals surface area contributed by atoms with Crippen molar-refractivity contribution in [3.63, 3.8) is 0 Å². The van der Waals surface area contributed by atoms with Gasteiger partial charge in [-0.3, -0.25) is 0 Å². The van der Waals surface area contributed by atoms with Gasteiger partial charge in [-0.25, -0.2) is 0 Å². The fraction of sp³-hybridized carbons (Fsp3) is 0.571. The number of hydrogen-bond donors (Lipinski definition) is 0. The molecule has 1 aliphatic rings. The number of likely N-dealkylation sites (tertiary alicyclic amines) is 1. The summed E-state index contributed by atoms with van der Waals surface area (Å²) in [5.41, 5.74) is 2.31. The second-order valence-electron chi connectivity index (χ2n) is 3.80. The van der Waals surface area contributed by atoms with Gasteiger partial charge >= 0.3 is 0 Å². The molecule has 0 spiro atoms. The van der Waals surface area contributed by atoms with Crippen LogP contribution >= 0.6 is 0 Å². The molecule has 0 aromatic heterocycles. The van der Waals surface area contributed by atoms with Crippen LogP contribution < -0.4 is 0 Å². The van der Waals surface area contributed by atoms with Crippen LogP contribution in [-0.4, -0.2) is 17.5 Å². The summed E-state index contributed by atoms with van der Waals surface area (Å²) < 4.78 is 0. The first-order chi connectivity index (χ1) is 7.15. The van der Waals surface area contributed by atoms with Crippen molar-refractivity contribution >= 4 is 0 Å². The lowest BCUT2D eigenvalue weighted by Gasteiger charge is -2.24. The predicted molar refractivity (Wildman–Crippen MR) is 69.8 cm³/mol. The molecule has 0 amide bonds. The Hall–Kier alpha value is -0.980. The van der Waals surface area contributed by atoms with E-state index in [9.17, 15) is 0 Å². The third-order valence-electron chi connectivity index (χ3n) is 2.49. The fourth-order valence-corrected chi connectivity index (χ4v) is 1.83. The van der Waals surface area contributed by atoms with Crippen molar-refractivity contribution in [2.75, 3.05) is 6.54 Å². The van der Waals surface area contributed by atoms with Crippen molar-refractivity contribution < 1.29 is 0 Å². The number of rotatable bonds is 3. The highest BCUT2D eigenvalue weighted by Crippen LogP contribution is 2.22. The van der Waals surface area contributed by atoms with Crippen LogP contribution in [0.4, 0.5) is 0 Å². The molecule has 15 heavy (non-hydrogen) atoms. The van der Waals surface area contributed by atoms with E-state index in [1.54, 1.807) is 0 Å². The van der Waals surface area contributed by atoms with Crippen LogP contribution in [0.1, 0.15) is 40.5 Å².